The molecule has 1 saturated heterocycles. The van der Waals surface area contributed by atoms with Crippen molar-refractivity contribution in [2.24, 2.45) is 4.99 Å². The second kappa shape index (κ2) is 13.6. The molecule has 1 fully saturated rings. The van der Waals surface area contributed by atoms with Gasteiger partial charge >= 0.3 is 12.3 Å². The summed E-state index contributed by atoms with van der Waals surface area (Å²) in [6, 6.07) is 9.74. The number of ether oxygens (including phenoxy) is 2. The van der Waals surface area contributed by atoms with E-state index in [4.69, 9.17) is 4.74 Å². The monoisotopic (exact) mass is 503 g/mol. The summed E-state index contributed by atoms with van der Waals surface area (Å²) in [6.07, 6.45) is -4.43. The van der Waals surface area contributed by atoms with Crippen LogP contribution in [0.1, 0.15) is 34.2 Å². The van der Waals surface area contributed by atoms with Crippen molar-refractivity contribution in [3.63, 3.8) is 0 Å². The number of hydrogen-bond acceptors (Lipinski definition) is 8. The molecule has 1 aromatic carbocycles. The van der Waals surface area contributed by atoms with E-state index in [1.54, 1.807) is 25.1 Å². The average molecular weight is 504 g/mol. The number of benzene rings is 1. The van der Waals surface area contributed by atoms with Gasteiger partial charge in [0.2, 0.25) is 0 Å². The van der Waals surface area contributed by atoms with Gasteiger partial charge in [0.25, 0.3) is 0 Å². The summed E-state index contributed by atoms with van der Waals surface area (Å²) in [5.74, 6) is 5.52. The van der Waals surface area contributed by atoms with Crippen LogP contribution in [0.15, 0.2) is 41.4 Å². The van der Waals surface area contributed by atoms with E-state index in [9.17, 15) is 18.0 Å². The summed E-state index contributed by atoms with van der Waals surface area (Å²) in [7, 11) is 0. The highest BCUT2D eigenvalue weighted by atomic mass is 19.4. The maximum atomic E-state index is 12.4. The second-order valence-electron chi connectivity index (χ2n) is 7.82. The number of carbonyl (C=O) groups is 1. The maximum absolute atomic E-state index is 12.4. The largest absolute Gasteiger partial charge is 0.573 e. The quantitative estimate of drug-likeness (QED) is 0.271. The number of rotatable bonds is 6. The molecule has 1 aliphatic rings. The zero-order valence-corrected chi connectivity index (χ0v) is 19.9. The zero-order chi connectivity index (χ0) is 25.8. The number of halogens is 3. The molecule has 0 bridgehead atoms. The molecule has 0 amide bonds. The second-order valence-corrected chi connectivity index (χ2v) is 7.82. The van der Waals surface area contributed by atoms with Gasteiger partial charge in [0, 0.05) is 56.9 Å². The van der Waals surface area contributed by atoms with E-state index in [2.05, 4.69) is 42.1 Å². The minimum Gasteiger partial charge on any atom is -0.461 e. The first-order valence-corrected chi connectivity index (χ1v) is 11.5. The Kier molecular flexibility index (Phi) is 10.2. The van der Waals surface area contributed by atoms with Gasteiger partial charge in [-0.1, -0.05) is 11.8 Å². The highest BCUT2D eigenvalue weighted by Gasteiger charge is 2.29. The third-order valence-electron chi connectivity index (χ3n) is 5.04. The van der Waals surface area contributed by atoms with Crippen LogP contribution in [0.2, 0.25) is 0 Å². The van der Waals surface area contributed by atoms with Gasteiger partial charge in [0.1, 0.15) is 5.69 Å². The van der Waals surface area contributed by atoms with Crippen molar-refractivity contribution >= 4 is 18.1 Å². The molecule has 8 nitrogen and oxygen atoms in total. The zero-order valence-electron chi connectivity index (χ0n) is 19.9. The Morgan fingerprint density at radius 3 is 2.39 bits per heavy atom. The molecular formula is C25H28F3N5O3. The molecule has 3 rings (SSSR count). The number of alkyl halides is 3. The Hall–Kier alpha value is -3.46. The Labute approximate surface area is 207 Å². The Bertz CT molecular complexity index is 1080. The highest BCUT2D eigenvalue weighted by molar-refractivity contribution is 5.87. The van der Waals surface area contributed by atoms with Gasteiger partial charge < -0.3 is 20.1 Å². The Morgan fingerprint density at radius 2 is 1.75 bits per heavy atom. The molecule has 0 saturated carbocycles. The molecule has 0 spiro atoms. The van der Waals surface area contributed by atoms with Crippen LogP contribution in [0.25, 0.3) is 0 Å². The molecule has 11 heteroatoms. The summed E-state index contributed by atoms with van der Waals surface area (Å²) < 4.78 is 44.8. The lowest BCUT2D eigenvalue weighted by molar-refractivity contribution is -0.280. The van der Waals surface area contributed by atoms with Crippen LogP contribution in [0, 0.1) is 11.8 Å². The third-order valence-corrected chi connectivity index (χ3v) is 5.04. The molecule has 36 heavy (non-hydrogen) atoms. The van der Waals surface area contributed by atoms with Crippen molar-refractivity contribution in [3.05, 3.63) is 58.9 Å². The van der Waals surface area contributed by atoms with Crippen molar-refractivity contribution < 1.29 is 27.4 Å². The molecule has 2 N–H and O–H groups in total. The number of esters is 1. The molecule has 1 aliphatic heterocycles. The van der Waals surface area contributed by atoms with Crippen LogP contribution < -0.4 is 10.6 Å². The van der Waals surface area contributed by atoms with Crippen molar-refractivity contribution in [2.75, 3.05) is 45.9 Å². The summed E-state index contributed by atoms with van der Waals surface area (Å²) in [5.41, 5.74) is 2.41. The van der Waals surface area contributed by atoms with Gasteiger partial charge in [-0.3, -0.25) is 4.90 Å². The normalized spacial score (nSPS) is 15.3. The number of aliphatic imine (C=N–C) groups is 1. The Morgan fingerprint density at radius 1 is 1.08 bits per heavy atom. The number of nitrogens with zero attached hydrogens (tertiary/aromatic N) is 3. The smallest absolute Gasteiger partial charge is 0.461 e. The third kappa shape index (κ3) is 9.65. The Balaban J connectivity index is 1.77. The lowest BCUT2D eigenvalue weighted by atomic mass is 10.1. The van der Waals surface area contributed by atoms with E-state index in [0.717, 1.165) is 39.3 Å². The van der Waals surface area contributed by atoms with Gasteiger partial charge in [-0.05, 0) is 43.3 Å². The van der Waals surface area contributed by atoms with Crippen LogP contribution in [-0.2, 0) is 16.0 Å². The minimum atomic E-state index is -4.78. The number of aromatic nitrogens is 1. The van der Waals surface area contributed by atoms with Gasteiger partial charge in [-0.2, -0.15) is 0 Å². The molecular weight excluding hydrogens is 475 g/mol. The van der Waals surface area contributed by atoms with Crippen LogP contribution in [0.3, 0.4) is 0 Å². The van der Waals surface area contributed by atoms with Crippen molar-refractivity contribution in [3.8, 4) is 11.8 Å². The number of hydrogen-bond donors (Lipinski definition) is 2. The average Bonchev–Trinajstić information content (AvgIpc) is 2.97. The number of carbonyl (C=O) groups excluding carboxylic acids is 1. The highest BCUT2D eigenvalue weighted by Crippen LogP contribution is 2.17. The fourth-order valence-corrected chi connectivity index (χ4v) is 3.37. The predicted octanol–water partition coefficient (Wildman–Crippen LogP) is 2.85. The van der Waals surface area contributed by atoms with Crippen LogP contribution in [0.4, 0.5) is 18.9 Å². The first-order valence-electron chi connectivity index (χ1n) is 11.5. The van der Waals surface area contributed by atoms with Gasteiger partial charge in [-0.25, -0.2) is 14.8 Å². The van der Waals surface area contributed by atoms with Gasteiger partial charge in [0.15, 0.2) is 6.40 Å². The lowest BCUT2D eigenvalue weighted by Gasteiger charge is -2.21. The van der Waals surface area contributed by atoms with Crippen molar-refractivity contribution in [1.29, 1.82) is 0 Å². The van der Waals surface area contributed by atoms with E-state index < -0.39 is 12.3 Å². The molecule has 0 aliphatic carbocycles. The molecule has 0 radical (unpaired) electrons. The standard InChI is InChI=1S/C25H28F3N5O3/c1-2-35-24(34)23-16-20(15-22(32-23)17-33-13-11-29-9-10-30-12-14-33)4-3-19-5-7-21(8-6-19)31-18-36-25(26,27)28/h5-8,15-16,18,29-30H,2,9-14,17H2,1H3. The molecule has 2 heterocycles. The topological polar surface area (TPSA) is 88.1 Å². The number of pyridine rings is 1. The lowest BCUT2D eigenvalue weighted by Crippen LogP contribution is -2.34. The van der Waals surface area contributed by atoms with Crippen molar-refractivity contribution in [1.82, 2.24) is 20.5 Å². The van der Waals surface area contributed by atoms with E-state index in [1.807, 2.05) is 6.07 Å². The fraction of sp³-hybridized carbons (Fsp3) is 0.400. The predicted molar refractivity (Wildman–Crippen MR) is 129 cm³/mol. The molecule has 2 aromatic rings. The maximum Gasteiger partial charge on any atom is 0.573 e. The molecule has 0 unspecified atom stereocenters. The summed E-state index contributed by atoms with van der Waals surface area (Å²) in [4.78, 5) is 22.7. The molecule has 0 atom stereocenters. The van der Waals surface area contributed by atoms with Crippen molar-refractivity contribution in [2.45, 2.75) is 19.8 Å². The van der Waals surface area contributed by atoms with Gasteiger partial charge in [-0.15, -0.1) is 13.2 Å². The summed E-state index contributed by atoms with van der Waals surface area (Å²) >= 11 is 0. The molecule has 192 valence electrons. The SMILES string of the molecule is CCOC(=O)c1cc(C#Cc2ccc(N=COC(F)(F)F)cc2)cc(CN2CCNCCNCC2)n1. The van der Waals surface area contributed by atoms with Crippen LogP contribution in [0.5, 0.6) is 0 Å². The van der Waals surface area contributed by atoms with E-state index in [0.29, 0.717) is 29.8 Å². The first-order chi connectivity index (χ1) is 17.3. The van der Waals surface area contributed by atoms with Crippen LogP contribution in [-0.4, -0.2) is 74.5 Å². The van der Waals surface area contributed by atoms with Crippen LogP contribution >= 0.6 is 0 Å². The summed E-state index contributed by atoms with van der Waals surface area (Å²) in [6.45, 7) is 7.75. The first kappa shape index (κ1) is 27.1. The van der Waals surface area contributed by atoms with E-state index >= 15 is 0 Å². The van der Waals surface area contributed by atoms with E-state index in [-0.39, 0.29) is 18.0 Å². The molecule has 1 aromatic heterocycles. The minimum absolute atomic E-state index is 0.188. The van der Waals surface area contributed by atoms with Gasteiger partial charge in [0.05, 0.1) is 18.0 Å². The van der Waals surface area contributed by atoms with E-state index in [1.165, 1.54) is 12.1 Å². The summed E-state index contributed by atoms with van der Waals surface area (Å²) in [5, 5.41) is 6.75. The fourth-order valence-electron chi connectivity index (χ4n) is 3.37. The number of nitrogens with one attached hydrogen (secondary N) is 2.